The van der Waals surface area contributed by atoms with E-state index in [1.165, 1.54) is 12.8 Å². The highest BCUT2D eigenvalue weighted by Gasteiger charge is 2.41. The Kier molecular flexibility index (Phi) is 4.29. The summed E-state index contributed by atoms with van der Waals surface area (Å²) in [5.74, 6) is 0.386. The molecule has 1 nitrogen and oxygen atoms in total. The zero-order valence-electron chi connectivity index (χ0n) is 9.61. The lowest BCUT2D eigenvalue weighted by Crippen LogP contribution is -2.24. The number of rotatable bonds is 6. The van der Waals surface area contributed by atoms with E-state index in [-0.39, 0.29) is 10.8 Å². The summed E-state index contributed by atoms with van der Waals surface area (Å²) in [5, 5.41) is 3.49. The summed E-state index contributed by atoms with van der Waals surface area (Å²) < 4.78 is 13.6. The first-order valence-electron chi connectivity index (χ1n) is 5.86. The summed E-state index contributed by atoms with van der Waals surface area (Å²) in [7, 11) is 0. The minimum absolute atomic E-state index is 0.186. The van der Waals surface area contributed by atoms with Crippen LogP contribution in [-0.2, 0) is 6.54 Å². The molecule has 0 heterocycles. The maximum absolute atomic E-state index is 13.6. The Morgan fingerprint density at radius 3 is 2.76 bits per heavy atom. The lowest BCUT2D eigenvalue weighted by atomic mass is 10.0. The fourth-order valence-electron chi connectivity index (χ4n) is 2.04. The van der Waals surface area contributed by atoms with Gasteiger partial charge in [0.25, 0.3) is 0 Å². The lowest BCUT2D eigenvalue weighted by Gasteiger charge is -2.14. The molecule has 1 saturated carbocycles. The van der Waals surface area contributed by atoms with Gasteiger partial charge in [0, 0.05) is 24.5 Å². The van der Waals surface area contributed by atoms with Gasteiger partial charge in [-0.15, -0.1) is 11.6 Å². The van der Waals surface area contributed by atoms with E-state index in [1.807, 2.05) is 0 Å². The molecule has 1 aliphatic carbocycles. The summed E-state index contributed by atoms with van der Waals surface area (Å²) >= 11 is 11.5. The first-order valence-corrected chi connectivity index (χ1v) is 6.78. The van der Waals surface area contributed by atoms with Gasteiger partial charge in [-0.25, -0.2) is 4.39 Å². The predicted molar refractivity (Wildman–Crippen MR) is 70.1 cm³/mol. The van der Waals surface area contributed by atoms with Crippen molar-refractivity contribution < 1.29 is 4.39 Å². The zero-order valence-corrected chi connectivity index (χ0v) is 11.1. The van der Waals surface area contributed by atoms with Gasteiger partial charge in [-0.05, 0) is 30.7 Å². The van der Waals surface area contributed by atoms with Gasteiger partial charge >= 0.3 is 0 Å². The summed E-state index contributed by atoms with van der Waals surface area (Å²) in [6, 6.07) is 5.10. The highest BCUT2D eigenvalue weighted by molar-refractivity contribution is 6.30. The average molecular weight is 276 g/mol. The molecule has 0 atom stereocenters. The van der Waals surface area contributed by atoms with Crippen molar-refractivity contribution >= 4 is 23.2 Å². The third-order valence-electron chi connectivity index (χ3n) is 3.43. The minimum Gasteiger partial charge on any atom is -0.312 e. The highest BCUT2D eigenvalue weighted by atomic mass is 35.5. The fourth-order valence-corrected chi connectivity index (χ4v) is 2.63. The molecule has 0 aromatic heterocycles. The van der Waals surface area contributed by atoms with Gasteiger partial charge < -0.3 is 5.32 Å². The van der Waals surface area contributed by atoms with Gasteiger partial charge in [0.15, 0.2) is 0 Å². The van der Waals surface area contributed by atoms with Crippen LogP contribution in [0.5, 0.6) is 0 Å². The van der Waals surface area contributed by atoms with Crippen LogP contribution in [0.1, 0.15) is 24.8 Å². The molecule has 0 saturated heterocycles. The largest absolute Gasteiger partial charge is 0.312 e. The average Bonchev–Trinajstić information content (AvgIpc) is 3.05. The number of nitrogens with one attached hydrogen (secondary N) is 1. The Bertz CT molecular complexity index is 391. The molecule has 94 valence electrons. The smallest absolute Gasteiger partial charge is 0.146 e. The maximum atomic E-state index is 13.6. The van der Waals surface area contributed by atoms with Crippen LogP contribution in [0.15, 0.2) is 18.2 Å². The number of halogens is 3. The molecule has 0 radical (unpaired) electrons. The highest BCUT2D eigenvalue weighted by Crippen LogP contribution is 2.48. The van der Waals surface area contributed by atoms with Gasteiger partial charge in [-0.1, -0.05) is 23.7 Å². The molecule has 4 heteroatoms. The molecule has 1 aromatic rings. The molecule has 0 aliphatic heterocycles. The first-order chi connectivity index (χ1) is 8.17. The first kappa shape index (κ1) is 13.1. The Labute approximate surface area is 111 Å². The normalized spacial score (nSPS) is 17.1. The second-order valence-corrected chi connectivity index (χ2v) is 5.54. The van der Waals surface area contributed by atoms with Crippen molar-refractivity contribution in [2.75, 3.05) is 12.4 Å². The Balaban J connectivity index is 1.84. The van der Waals surface area contributed by atoms with Crippen molar-refractivity contribution in [2.24, 2.45) is 5.41 Å². The zero-order chi connectivity index (χ0) is 12.3. The van der Waals surface area contributed by atoms with Crippen LogP contribution in [0, 0.1) is 11.2 Å². The molecular formula is C13H16Cl2FN. The van der Waals surface area contributed by atoms with Crippen LogP contribution < -0.4 is 5.32 Å². The van der Waals surface area contributed by atoms with Gasteiger partial charge in [-0.2, -0.15) is 0 Å². The van der Waals surface area contributed by atoms with E-state index in [9.17, 15) is 4.39 Å². The molecule has 1 aliphatic rings. The third-order valence-corrected chi connectivity index (χ3v) is 3.91. The maximum Gasteiger partial charge on any atom is 0.146 e. The van der Waals surface area contributed by atoms with E-state index in [2.05, 4.69) is 5.32 Å². The number of hydrogen-bond donors (Lipinski definition) is 1. The van der Waals surface area contributed by atoms with E-state index in [0.717, 1.165) is 13.0 Å². The number of alkyl halides is 1. The SMILES string of the molecule is Fc1c(Cl)cccc1CNCC1(CCCl)CC1. The Morgan fingerprint density at radius 1 is 1.35 bits per heavy atom. The topological polar surface area (TPSA) is 12.0 Å². The van der Waals surface area contributed by atoms with Crippen molar-refractivity contribution in [2.45, 2.75) is 25.8 Å². The second kappa shape index (κ2) is 5.55. The quantitative estimate of drug-likeness (QED) is 0.775. The van der Waals surface area contributed by atoms with Gasteiger partial charge in [0.1, 0.15) is 5.82 Å². The summed E-state index contributed by atoms with van der Waals surface area (Å²) in [4.78, 5) is 0. The van der Waals surface area contributed by atoms with Crippen molar-refractivity contribution in [3.8, 4) is 0 Å². The molecular weight excluding hydrogens is 260 g/mol. The lowest BCUT2D eigenvalue weighted by molar-refractivity contribution is 0.442. The van der Waals surface area contributed by atoms with Crippen LogP contribution in [0.25, 0.3) is 0 Å². The molecule has 2 rings (SSSR count). The Hall–Kier alpha value is -0.310. The van der Waals surface area contributed by atoms with E-state index in [0.29, 0.717) is 23.4 Å². The van der Waals surface area contributed by atoms with Crippen LogP contribution in [0.4, 0.5) is 4.39 Å². The predicted octanol–water partition coefficient (Wildman–Crippen LogP) is 3.98. The second-order valence-electron chi connectivity index (χ2n) is 4.76. The molecule has 0 unspecified atom stereocenters. The monoisotopic (exact) mass is 275 g/mol. The molecule has 17 heavy (non-hydrogen) atoms. The summed E-state index contributed by atoms with van der Waals surface area (Å²) in [6.45, 7) is 1.43. The van der Waals surface area contributed by atoms with Crippen molar-refractivity contribution in [3.05, 3.63) is 34.6 Å². The summed E-state index contributed by atoms with van der Waals surface area (Å²) in [6.07, 6.45) is 3.50. The summed E-state index contributed by atoms with van der Waals surface area (Å²) in [5.41, 5.74) is 0.996. The standard InChI is InChI=1S/C13H16Cl2FN/c14-7-6-13(4-5-13)9-17-8-10-2-1-3-11(15)12(10)16/h1-3,17H,4-9H2. The Morgan fingerprint density at radius 2 is 2.12 bits per heavy atom. The van der Waals surface area contributed by atoms with E-state index >= 15 is 0 Å². The number of benzene rings is 1. The van der Waals surface area contributed by atoms with E-state index in [1.54, 1.807) is 18.2 Å². The number of hydrogen-bond acceptors (Lipinski definition) is 1. The van der Waals surface area contributed by atoms with Crippen LogP contribution in [-0.4, -0.2) is 12.4 Å². The van der Waals surface area contributed by atoms with Gasteiger partial charge in [0.2, 0.25) is 0 Å². The minimum atomic E-state index is -0.316. The van der Waals surface area contributed by atoms with Crippen LogP contribution in [0.2, 0.25) is 5.02 Å². The molecule has 1 aromatic carbocycles. The third kappa shape index (κ3) is 3.34. The van der Waals surface area contributed by atoms with Crippen LogP contribution >= 0.6 is 23.2 Å². The van der Waals surface area contributed by atoms with Gasteiger partial charge in [-0.3, -0.25) is 0 Å². The molecule has 0 spiro atoms. The molecule has 1 N–H and O–H groups in total. The van der Waals surface area contributed by atoms with Crippen LogP contribution in [0.3, 0.4) is 0 Å². The van der Waals surface area contributed by atoms with Gasteiger partial charge in [0.05, 0.1) is 5.02 Å². The van der Waals surface area contributed by atoms with Crippen molar-refractivity contribution in [1.82, 2.24) is 5.32 Å². The van der Waals surface area contributed by atoms with Crippen molar-refractivity contribution in [3.63, 3.8) is 0 Å². The van der Waals surface area contributed by atoms with E-state index < -0.39 is 0 Å². The van der Waals surface area contributed by atoms with E-state index in [4.69, 9.17) is 23.2 Å². The van der Waals surface area contributed by atoms with Crippen molar-refractivity contribution in [1.29, 1.82) is 0 Å². The molecule has 1 fully saturated rings. The molecule has 0 amide bonds. The molecule has 0 bridgehead atoms. The fraction of sp³-hybridized carbons (Fsp3) is 0.538.